The lowest BCUT2D eigenvalue weighted by molar-refractivity contribution is 0.0697. The van der Waals surface area contributed by atoms with Crippen LogP contribution in [0.25, 0.3) is 0 Å². The van der Waals surface area contributed by atoms with Crippen LogP contribution in [0.1, 0.15) is 38.2 Å². The summed E-state index contributed by atoms with van der Waals surface area (Å²) in [6.07, 6.45) is 1.80. The number of rotatable bonds is 4. The normalized spacial score (nSPS) is 13.1. The van der Waals surface area contributed by atoms with Gasteiger partial charge in [0, 0.05) is 25.0 Å². The van der Waals surface area contributed by atoms with Gasteiger partial charge in [-0.3, -0.25) is 4.99 Å². The maximum absolute atomic E-state index is 10.9. The summed E-state index contributed by atoms with van der Waals surface area (Å²) in [5.74, 6) is -0.930. The Balaban J connectivity index is 1.45. The second kappa shape index (κ2) is 7.31. The summed E-state index contributed by atoms with van der Waals surface area (Å²) in [5, 5.41) is 8.94. The van der Waals surface area contributed by atoms with Crippen molar-refractivity contribution in [2.24, 2.45) is 4.99 Å². The van der Waals surface area contributed by atoms with E-state index in [1.165, 1.54) is 27.9 Å². The van der Waals surface area contributed by atoms with Crippen LogP contribution in [-0.2, 0) is 13.1 Å². The first-order chi connectivity index (χ1) is 13.5. The molecule has 0 amide bonds. The van der Waals surface area contributed by atoms with E-state index in [0.717, 1.165) is 24.3 Å². The van der Waals surface area contributed by atoms with Gasteiger partial charge in [-0.2, -0.15) is 0 Å². The largest absolute Gasteiger partial charge is 0.478 e. The summed E-state index contributed by atoms with van der Waals surface area (Å²) in [4.78, 5) is 17.7. The van der Waals surface area contributed by atoms with Crippen molar-refractivity contribution in [1.82, 2.24) is 0 Å². The van der Waals surface area contributed by atoms with Crippen LogP contribution in [0.2, 0.25) is 0 Å². The molecule has 0 radical (unpaired) electrons. The van der Waals surface area contributed by atoms with Crippen molar-refractivity contribution in [1.29, 1.82) is 0 Å². The molecule has 4 rings (SSSR count). The van der Waals surface area contributed by atoms with E-state index in [4.69, 9.17) is 5.11 Å². The van der Waals surface area contributed by atoms with Gasteiger partial charge in [0.05, 0.1) is 11.3 Å². The lowest BCUT2D eigenvalue weighted by atomic mass is 10.0. The Kier molecular flexibility index (Phi) is 4.70. The predicted molar refractivity (Wildman–Crippen MR) is 113 cm³/mol. The van der Waals surface area contributed by atoms with Crippen LogP contribution >= 0.6 is 0 Å². The van der Waals surface area contributed by atoms with Crippen molar-refractivity contribution in [3.63, 3.8) is 0 Å². The molecular formula is C24H22N2O2. The minimum atomic E-state index is -0.930. The fourth-order valence-electron chi connectivity index (χ4n) is 3.49. The molecule has 0 saturated carbocycles. The Morgan fingerprint density at radius 3 is 2.04 bits per heavy atom. The Morgan fingerprint density at radius 2 is 1.50 bits per heavy atom. The molecule has 3 aromatic rings. The van der Waals surface area contributed by atoms with Gasteiger partial charge in [0.15, 0.2) is 0 Å². The molecule has 4 heteroatoms. The number of carboxylic acids is 1. The summed E-state index contributed by atoms with van der Waals surface area (Å²) in [7, 11) is 0. The Bertz CT molecular complexity index is 1020. The van der Waals surface area contributed by atoms with Gasteiger partial charge in [-0.25, -0.2) is 4.79 Å². The molecule has 0 unspecified atom stereocenters. The number of aryl methyl sites for hydroxylation is 2. The number of aromatic carboxylic acids is 1. The molecule has 1 aliphatic heterocycles. The van der Waals surface area contributed by atoms with E-state index in [2.05, 4.69) is 60.1 Å². The lowest BCUT2D eigenvalue weighted by Crippen LogP contribution is -2.14. The number of aliphatic imine (C=N–C) groups is 1. The molecule has 1 N–H and O–H groups in total. The highest BCUT2D eigenvalue weighted by Crippen LogP contribution is 2.30. The van der Waals surface area contributed by atoms with Crippen LogP contribution < -0.4 is 4.90 Å². The fourth-order valence-corrected chi connectivity index (χ4v) is 3.49. The van der Waals surface area contributed by atoms with Crippen molar-refractivity contribution in [3.05, 3.63) is 94.0 Å². The number of benzene rings is 3. The number of hydrogen-bond donors (Lipinski definition) is 1. The third kappa shape index (κ3) is 3.67. The van der Waals surface area contributed by atoms with E-state index in [9.17, 15) is 4.79 Å². The zero-order valence-corrected chi connectivity index (χ0v) is 16.0. The van der Waals surface area contributed by atoms with Gasteiger partial charge in [-0.05, 0) is 78.1 Å². The maximum atomic E-state index is 10.9. The molecule has 140 valence electrons. The van der Waals surface area contributed by atoms with Crippen LogP contribution in [0, 0.1) is 13.8 Å². The summed E-state index contributed by atoms with van der Waals surface area (Å²) >= 11 is 0. The van der Waals surface area contributed by atoms with Gasteiger partial charge in [-0.1, -0.05) is 24.3 Å². The minimum Gasteiger partial charge on any atom is -0.478 e. The summed E-state index contributed by atoms with van der Waals surface area (Å²) in [5.41, 5.74) is 8.74. The molecular weight excluding hydrogens is 348 g/mol. The molecule has 0 atom stereocenters. The number of carbonyl (C=O) groups is 1. The Morgan fingerprint density at radius 1 is 0.929 bits per heavy atom. The molecule has 1 heterocycles. The van der Waals surface area contributed by atoms with E-state index in [-0.39, 0.29) is 5.56 Å². The third-order valence-electron chi connectivity index (χ3n) is 5.27. The van der Waals surface area contributed by atoms with Gasteiger partial charge in [-0.15, -0.1) is 0 Å². The first-order valence-corrected chi connectivity index (χ1v) is 9.31. The quantitative estimate of drug-likeness (QED) is 0.636. The highest BCUT2D eigenvalue weighted by Gasteiger charge is 2.19. The molecule has 3 aromatic carbocycles. The molecule has 0 spiro atoms. The Hall–Kier alpha value is -3.40. The summed E-state index contributed by atoms with van der Waals surface area (Å²) in [6.45, 7) is 6.23. The first-order valence-electron chi connectivity index (χ1n) is 9.31. The van der Waals surface area contributed by atoms with Gasteiger partial charge in [0.1, 0.15) is 0 Å². The van der Waals surface area contributed by atoms with E-state index in [0.29, 0.717) is 0 Å². The second-order valence-electron chi connectivity index (χ2n) is 7.26. The maximum Gasteiger partial charge on any atom is 0.335 e. The molecule has 0 aromatic heterocycles. The van der Waals surface area contributed by atoms with E-state index < -0.39 is 5.97 Å². The molecule has 4 nitrogen and oxygen atoms in total. The number of carboxylic acid groups (broad SMARTS) is 1. The zero-order chi connectivity index (χ0) is 19.7. The Labute approximate surface area is 164 Å². The van der Waals surface area contributed by atoms with Crippen molar-refractivity contribution >= 4 is 23.6 Å². The highest BCUT2D eigenvalue weighted by atomic mass is 16.4. The number of hydrogen-bond acceptors (Lipinski definition) is 3. The third-order valence-corrected chi connectivity index (χ3v) is 5.27. The standard InChI is InChI=1S/C24H22N2O2/c1-16-11-20-14-26(15-21(20)12-17(16)2)23-9-3-18(4-10-23)13-25-22-7-5-19(6-8-22)24(27)28/h3-13H,14-15H2,1-2H3,(H,27,28). The molecule has 0 saturated heterocycles. The molecule has 0 bridgehead atoms. The topological polar surface area (TPSA) is 52.9 Å². The van der Waals surface area contributed by atoms with Crippen LogP contribution in [0.4, 0.5) is 11.4 Å². The van der Waals surface area contributed by atoms with Crippen LogP contribution in [0.3, 0.4) is 0 Å². The van der Waals surface area contributed by atoms with E-state index in [1.807, 2.05) is 0 Å². The highest BCUT2D eigenvalue weighted by molar-refractivity contribution is 5.88. The van der Waals surface area contributed by atoms with Crippen LogP contribution in [0.15, 0.2) is 65.7 Å². The monoisotopic (exact) mass is 370 g/mol. The minimum absolute atomic E-state index is 0.264. The average Bonchev–Trinajstić information content (AvgIpc) is 3.10. The van der Waals surface area contributed by atoms with Gasteiger partial charge >= 0.3 is 5.97 Å². The number of anilines is 1. The molecule has 1 aliphatic rings. The second-order valence-corrected chi connectivity index (χ2v) is 7.26. The molecule has 0 aliphatic carbocycles. The average molecular weight is 370 g/mol. The van der Waals surface area contributed by atoms with Gasteiger partial charge in [0.2, 0.25) is 0 Å². The van der Waals surface area contributed by atoms with Crippen molar-refractivity contribution in [3.8, 4) is 0 Å². The van der Waals surface area contributed by atoms with Crippen molar-refractivity contribution < 1.29 is 9.90 Å². The number of fused-ring (bicyclic) bond motifs is 1. The van der Waals surface area contributed by atoms with Crippen molar-refractivity contribution in [2.75, 3.05) is 4.90 Å². The first kappa shape index (κ1) is 18.0. The van der Waals surface area contributed by atoms with Crippen LogP contribution in [0.5, 0.6) is 0 Å². The molecule has 28 heavy (non-hydrogen) atoms. The summed E-state index contributed by atoms with van der Waals surface area (Å²) in [6, 6.07) is 19.5. The zero-order valence-electron chi connectivity index (χ0n) is 16.0. The SMILES string of the molecule is Cc1cc2c(cc1C)CN(c1ccc(C=Nc3ccc(C(=O)O)cc3)cc1)C2. The lowest BCUT2D eigenvalue weighted by Gasteiger charge is -2.17. The van der Waals surface area contributed by atoms with Crippen LogP contribution in [-0.4, -0.2) is 17.3 Å². The predicted octanol–water partition coefficient (Wildman–Crippen LogP) is 5.27. The summed E-state index contributed by atoms with van der Waals surface area (Å²) < 4.78 is 0. The fraction of sp³-hybridized carbons (Fsp3) is 0.167. The van der Waals surface area contributed by atoms with Crippen molar-refractivity contribution in [2.45, 2.75) is 26.9 Å². The van der Waals surface area contributed by atoms with Gasteiger partial charge in [0.25, 0.3) is 0 Å². The van der Waals surface area contributed by atoms with Gasteiger partial charge < -0.3 is 10.0 Å². The number of nitrogens with zero attached hydrogens (tertiary/aromatic N) is 2. The van der Waals surface area contributed by atoms with E-state index >= 15 is 0 Å². The smallest absolute Gasteiger partial charge is 0.335 e. The molecule has 0 fully saturated rings. The van der Waals surface area contributed by atoms with E-state index in [1.54, 1.807) is 30.5 Å².